The smallest absolute Gasteiger partial charge is 0.223 e. The van der Waals surface area contributed by atoms with Gasteiger partial charge in [0.2, 0.25) is 5.95 Å². The molecule has 1 fully saturated rings. The van der Waals surface area contributed by atoms with Gasteiger partial charge >= 0.3 is 0 Å². The summed E-state index contributed by atoms with van der Waals surface area (Å²) in [6.07, 6.45) is 7.60. The lowest BCUT2D eigenvalue weighted by Gasteiger charge is -2.30. The van der Waals surface area contributed by atoms with Crippen molar-refractivity contribution in [2.24, 2.45) is 0 Å². The first kappa shape index (κ1) is 22.8. The molecule has 1 aliphatic rings. The van der Waals surface area contributed by atoms with Gasteiger partial charge in [-0.3, -0.25) is 4.40 Å². The maximum Gasteiger partial charge on any atom is 0.223 e. The van der Waals surface area contributed by atoms with Gasteiger partial charge in [0.05, 0.1) is 29.7 Å². The number of fused-ring (bicyclic) bond motifs is 1. The Morgan fingerprint density at radius 2 is 1.86 bits per heavy atom. The summed E-state index contributed by atoms with van der Waals surface area (Å²) in [6.45, 7) is 6.37. The number of hydrogen-bond donors (Lipinski definition) is 2. The molecule has 35 heavy (non-hydrogen) atoms. The largest absolute Gasteiger partial charge is 0.382 e. The van der Waals surface area contributed by atoms with Gasteiger partial charge in [0.15, 0.2) is 0 Å². The zero-order chi connectivity index (χ0) is 24.4. The van der Waals surface area contributed by atoms with Crippen LogP contribution in [-0.4, -0.2) is 50.4 Å². The fourth-order valence-electron chi connectivity index (χ4n) is 4.59. The summed E-state index contributed by atoms with van der Waals surface area (Å²) in [6, 6.07) is 15.3. The van der Waals surface area contributed by atoms with Gasteiger partial charge in [-0.1, -0.05) is 18.2 Å². The number of nitrogens with one attached hydrogen (secondary N) is 2. The first-order valence-corrected chi connectivity index (χ1v) is 12.0. The third-order valence-corrected chi connectivity index (χ3v) is 6.73. The van der Waals surface area contributed by atoms with Gasteiger partial charge in [0, 0.05) is 17.9 Å². The van der Waals surface area contributed by atoms with Crippen LogP contribution in [0, 0.1) is 18.3 Å². The Balaban J connectivity index is 1.33. The van der Waals surface area contributed by atoms with Crippen molar-refractivity contribution in [3.63, 3.8) is 0 Å². The van der Waals surface area contributed by atoms with Crippen LogP contribution < -0.4 is 10.6 Å². The Hall–Kier alpha value is -3.96. The second-order valence-electron chi connectivity index (χ2n) is 9.31. The van der Waals surface area contributed by atoms with Gasteiger partial charge in [-0.05, 0) is 76.2 Å². The van der Waals surface area contributed by atoms with E-state index in [1.54, 1.807) is 12.4 Å². The standard InChI is InChI=1S/C27H30N8/c1-18-5-4-12-35-24(17-29-26(18)35)25-21(15-28)16-30-27(33-25)31-19(2)20-6-8-22(9-7-20)32-23-10-13-34(3)14-11-23/h4-9,12,16-17,19,23,32H,10-11,13-14H2,1-3H3,(H,30,31,33)/t19-/m0/s1. The molecule has 0 aliphatic carbocycles. The van der Waals surface area contributed by atoms with Gasteiger partial charge in [-0.2, -0.15) is 5.26 Å². The molecule has 1 atom stereocenters. The number of rotatable bonds is 6. The molecule has 1 aliphatic heterocycles. The summed E-state index contributed by atoms with van der Waals surface area (Å²) in [5.74, 6) is 0.475. The zero-order valence-corrected chi connectivity index (χ0v) is 20.4. The minimum atomic E-state index is -0.00223. The van der Waals surface area contributed by atoms with Crippen LogP contribution in [0.1, 0.15) is 42.5 Å². The minimum Gasteiger partial charge on any atom is -0.382 e. The van der Waals surface area contributed by atoms with Crippen LogP contribution in [0.4, 0.5) is 11.6 Å². The summed E-state index contributed by atoms with van der Waals surface area (Å²) in [5, 5.41) is 16.7. The quantitative estimate of drug-likeness (QED) is 0.427. The molecular weight excluding hydrogens is 436 g/mol. The molecule has 8 nitrogen and oxygen atoms in total. The summed E-state index contributed by atoms with van der Waals surface area (Å²) < 4.78 is 1.96. The van der Waals surface area contributed by atoms with Gasteiger partial charge in [-0.15, -0.1) is 0 Å². The third kappa shape index (κ3) is 4.81. The zero-order valence-electron chi connectivity index (χ0n) is 20.4. The number of nitrogens with zero attached hydrogens (tertiary/aromatic N) is 6. The second-order valence-corrected chi connectivity index (χ2v) is 9.31. The van der Waals surface area contributed by atoms with Gasteiger partial charge < -0.3 is 15.5 Å². The van der Waals surface area contributed by atoms with Crippen LogP contribution >= 0.6 is 0 Å². The lowest BCUT2D eigenvalue weighted by Crippen LogP contribution is -2.36. The topological polar surface area (TPSA) is 94.2 Å². The molecule has 0 radical (unpaired) electrons. The highest BCUT2D eigenvalue weighted by Crippen LogP contribution is 2.26. The highest BCUT2D eigenvalue weighted by atomic mass is 15.1. The number of piperidine rings is 1. The Labute approximate surface area is 205 Å². The molecule has 5 rings (SSSR count). The van der Waals surface area contributed by atoms with Crippen molar-refractivity contribution in [1.29, 1.82) is 5.26 Å². The number of imidazole rings is 1. The van der Waals surface area contributed by atoms with Crippen molar-refractivity contribution in [2.75, 3.05) is 30.8 Å². The molecule has 4 heterocycles. The summed E-state index contributed by atoms with van der Waals surface area (Å²) in [7, 11) is 2.18. The van der Waals surface area contributed by atoms with E-state index in [0.717, 1.165) is 41.2 Å². The number of aryl methyl sites for hydroxylation is 1. The molecule has 3 aromatic heterocycles. The highest BCUT2D eigenvalue weighted by molar-refractivity contribution is 5.68. The summed E-state index contributed by atoms with van der Waals surface area (Å²) >= 11 is 0. The lowest BCUT2D eigenvalue weighted by molar-refractivity contribution is 0.264. The first-order chi connectivity index (χ1) is 17.0. The van der Waals surface area contributed by atoms with E-state index in [9.17, 15) is 5.26 Å². The predicted octanol–water partition coefficient (Wildman–Crippen LogP) is 4.65. The predicted molar refractivity (Wildman–Crippen MR) is 138 cm³/mol. The minimum absolute atomic E-state index is 0.00223. The molecule has 178 valence electrons. The van der Waals surface area contributed by atoms with Crippen LogP contribution in [0.2, 0.25) is 0 Å². The van der Waals surface area contributed by atoms with Crippen molar-refractivity contribution in [3.05, 3.63) is 71.7 Å². The van der Waals surface area contributed by atoms with Crippen molar-refractivity contribution >= 4 is 17.3 Å². The highest BCUT2D eigenvalue weighted by Gasteiger charge is 2.18. The summed E-state index contributed by atoms with van der Waals surface area (Å²) in [5.41, 5.74) is 5.94. The van der Waals surface area contributed by atoms with E-state index in [4.69, 9.17) is 4.98 Å². The van der Waals surface area contributed by atoms with Crippen LogP contribution in [0.3, 0.4) is 0 Å². The molecule has 0 saturated carbocycles. The first-order valence-electron chi connectivity index (χ1n) is 12.0. The van der Waals surface area contributed by atoms with E-state index >= 15 is 0 Å². The second kappa shape index (κ2) is 9.72. The number of anilines is 2. The molecule has 4 aromatic rings. The van der Waals surface area contributed by atoms with Crippen molar-refractivity contribution in [2.45, 2.75) is 38.8 Å². The fourth-order valence-corrected chi connectivity index (χ4v) is 4.59. The van der Waals surface area contributed by atoms with Crippen molar-refractivity contribution < 1.29 is 0 Å². The van der Waals surface area contributed by atoms with E-state index in [-0.39, 0.29) is 6.04 Å². The monoisotopic (exact) mass is 466 g/mol. The molecular formula is C27H30N8. The van der Waals surface area contributed by atoms with Gasteiger partial charge in [0.1, 0.15) is 17.4 Å². The van der Waals surface area contributed by atoms with E-state index in [2.05, 4.69) is 69.8 Å². The van der Waals surface area contributed by atoms with E-state index < -0.39 is 0 Å². The Morgan fingerprint density at radius 3 is 2.60 bits per heavy atom. The van der Waals surface area contributed by atoms with E-state index in [1.165, 1.54) is 12.8 Å². The maximum absolute atomic E-state index is 9.66. The average Bonchev–Trinajstić information content (AvgIpc) is 3.31. The number of benzene rings is 1. The molecule has 1 saturated heterocycles. The van der Waals surface area contributed by atoms with Crippen LogP contribution in [0.5, 0.6) is 0 Å². The SMILES string of the molecule is Cc1cccn2c(-c3nc(N[C@@H](C)c4ccc(NC5CCN(C)CC5)cc4)ncc3C#N)cnc12. The Kier molecular flexibility index (Phi) is 6.34. The molecule has 0 bridgehead atoms. The Morgan fingerprint density at radius 1 is 1.09 bits per heavy atom. The molecule has 0 spiro atoms. The molecule has 2 N–H and O–H groups in total. The summed E-state index contributed by atoms with van der Waals surface area (Å²) in [4.78, 5) is 16.0. The van der Waals surface area contributed by atoms with Gasteiger partial charge in [-0.25, -0.2) is 15.0 Å². The normalized spacial score (nSPS) is 15.6. The van der Waals surface area contributed by atoms with Crippen molar-refractivity contribution in [1.82, 2.24) is 24.3 Å². The molecule has 8 heteroatoms. The van der Waals surface area contributed by atoms with E-state index in [0.29, 0.717) is 23.2 Å². The average molecular weight is 467 g/mol. The number of nitriles is 1. The molecule has 0 amide bonds. The van der Waals surface area contributed by atoms with Gasteiger partial charge in [0.25, 0.3) is 0 Å². The van der Waals surface area contributed by atoms with Crippen LogP contribution in [0.25, 0.3) is 17.0 Å². The van der Waals surface area contributed by atoms with Crippen molar-refractivity contribution in [3.8, 4) is 17.5 Å². The fraction of sp³-hybridized carbons (Fsp3) is 0.333. The molecule has 0 unspecified atom stereocenters. The van der Waals surface area contributed by atoms with Crippen LogP contribution in [-0.2, 0) is 0 Å². The lowest BCUT2D eigenvalue weighted by atomic mass is 10.0. The molecule has 1 aromatic carbocycles. The number of likely N-dealkylation sites (tertiary alicyclic amines) is 1. The van der Waals surface area contributed by atoms with E-state index in [1.807, 2.05) is 29.7 Å². The van der Waals surface area contributed by atoms with Crippen LogP contribution in [0.15, 0.2) is 55.0 Å². The third-order valence-electron chi connectivity index (χ3n) is 6.73. The number of hydrogen-bond acceptors (Lipinski definition) is 7. The number of pyridine rings is 1. The maximum atomic E-state index is 9.66. The Bertz CT molecular complexity index is 1360. The number of aromatic nitrogens is 4.